The molecule has 0 spiro atoms. The molecule has 1 aromatic rings. The van der Waals surface area contributed by atoms with Crippen molar-refractivity contribution in [3.05, 3.63) is 17.7 Å². The van der Waals surface area contributed by atoms with Crippen molar-refractivity contribution in [2.45, 2.75) is 39.5 Å². The van der Waals surface area contributed by atoms with Crippen LogP contribution in [0.2, 0.25) is 0 Å². The number of hydrogen-bond donors (Lipinski definition) is 1. The zero-order valence-electron chi connectivity index (χ0n) is 11.0. The molecule has 3 nitrogen and oxygen atoms in total. The van der Waals surface area contributed by atoms with Crippen molar-refractivity contribution in [1.82, 2.24) is 4.98 Å². The molecule has 0 fully saturated rings. The molecule has 1 heterocycles. The molecule has 1 aromatic heterocycles. The molecule has 18 heavy (non-hydrogen) atoms. The summed E-state index contributed by atoms with van der Waals surface area (Å²) in [6.07, 6.45) is 3.92. The number of nitrogen functional groups attached to an aromatic ring is 1. The van der Waals surface area contributed by atoms with E-state index in [0.717, 1.165) is 31.7 Å². The first kappa shape index (κ1) is 14.7. The second-order valence-corrected chi connectivity index (χ2v) is 4.36. The molecule has 0 amide bonds. The van der Waals surface area contributed by atoms with E-state index in [-0.39, 0.29) is 11.6 Å². The fourth-order valence-electron chi connectivity index (χ4n) is 1.71. The van der Waals surface area contributed by atoms with E-state index in [9.17, 15) is 8.78 Å². The molecule has 0 aliphatic carbocycles. The summed E-state index contributed by atoms with van der Waals surface area (Å²) >= 11 is 0. The first-order valence-corrected chi connectivity index (χ1v) is 6.46. The minimum atomic E-state index is -0.804. The third-order valence-electron chi connectivity index (χ3n) is 2.80. The number of halogens is 2. The SMILES string of the molecule is CCCCN(CCCC)c1nc(N)c(F)cc1F. The average Bonchev–Trinajstić information content (AvgIpc) is 2.35. The molecule has 0 atom stereocenters. The number of hydrogen-bond acceptors (Lipinski definition) is 3. The van der Waals surface area contributed by atoms with E-state index in [4.69, 9.17) is 5.73 Å². The zero-order chi connectivity index (χ0) is 13.5. The van der Waals surface area contributed by atoms with Gasteiger partial charge in [-0.2, -0.15) is 0 Å². The fourth-order valence-corrected chi connectivity index (χ4v) is 1.71. The van der Waals surface area contributed by atoms with Crippen molar-refractivity contribution < 1.29 is 8.78 Å². The van der Waals surface area contributed by atoms with Gasteiger partial charge < -0.3 is 10.6 Å². The Labute approximate surface area is 107 Å². The van der Waals surface area contributed by atoms with Gasteiger partial charge in [0.15, 0.2) is 23.3 Å². The van der Waals surface area contributed by atoms with Crippen LogP contribution < -0.4 is 10.6 Å². The lowest BCUT2D eigenvalue weighted by atomic mass is 10.2. The Kier molecular flexibility index (Phi) is 5.82. The quantitative estimate of drug-likeness (QED) is 0.814. The minimum Gasteiger partial charge on any atom is -0.381 e. The van der Waals surface area contributed by atoms with Crippen molar-refractivity contribution in [3.8, 4) is 0 Å². The van der Waals surface area contributed by atoms with Crippen LogP contribution in [-0.2, 0) is 0 Å². The van der Waals surface area contributed by atoms with Crippen molar-refractivity contribution in [2.75, 3.05) is 23.7 Å². The van der Waals surface area contributed by atoms with Crippen LogP contribution in [0.25, 0.3) is 0 Å². The highest BCUT2D eigenvalue weighted by Crippen LogP contribution is 2.21. The molecule has 0 aliphatic heterocycles. The van der Waals surface area contributed by atoms with Crippen LogP contribution in [-0.4, -0.2) is 18.1 Å². The van der Waals surface area contributed by atoms with E-state index < -0.39 is 11.6 Å². The van der Waals surface area contributed by atoms with Crippen LogP contribution in [0.3, 0.4) is 0 Å². The number of pyridine rings is 1. The van der Waals surface area contributed by atoms with Gasteiger partial charge in [0.2, 0.25) is 0 Å². The van der Waals surface area contributed by atoms with Gasteiger partial charge in [-0.1, -0.05) is 26.7 Å². The zero-order valence-corrected chi connectivity index (χ0v) is 11.0. The molecule has 0 aliphatic rings. The highest BCUT2D eigenvalue weighted by molar-refractivity contribution is 5.47. The van der Waals surface area contributed by atoms with Gasteiger partial charge in [-0.15, -0.1) is 0 Å². The van der Waals surface area contributed by atoms with Gasteiger partial charge in [-0.25, -0.2) is 13.8 Å². The Morgan fingerprint density at radius 1 is 1.11 bits per heavy atom. The van der Waals surface area contributed by atoms with Gasteiger partial charge in [0.05, 0.1) is 0 Å². The highest BCUT2D eigenvalue weighted by atomic mass is 19.1. The normalized spacial score (nSPS) is 10.7. The number of rotatable bonds is 7. The van der Waals surface area contributed by atoms with E-state index >= 15 is 0 Å². The van der Waals surface area contributed by atoms with E-state index in [0.29, 0.717) is 13.1 Å². The Morgan fingerprint density at radius 3 is 2.17 bits per heavy atom. The number of nitrogens with zero attached hydrogens (tertiary/aromatic N) is 2. The molecule has 2 N–H and O–H groups in total. The Morgan fingerprint density at radius 2 is 1.67 bits per heavy atom. The lowest BCUT2D eigenvalue weighted by Crippen LogP contribution is -2.28. The predicted octanol–water partition coefficient (Wildman–Crippen LogP) is 3.35. The summed E-state index contributed by atoms with van der Waals surface area (Å²) < 4.78 is 26.8. The van der Waals surface area contributed by atoms with Gasteiger partial charge in [0, 0.05) is 19.2 Å². The number of nitrogens with two attached hydrogens (primary N) is 1. The maximum Gasteiger partial charge on any atom is 0.168 e. The Bertz CT molecular complexity index is 375. The predicted molar refractivity (Wildman–Crippen MR) is 70.6 cm³/mol. The third kappa shape index (κ3) is 3.82. The largest absolute Gasteiger partial charge is 0.381 e. The summed E-state index contributed by atoms with van der Waals surface area (Å²) in [7, 11) is 0. The summed E-state index contributed by atoms with van der Waals surface area (Å²) in [5, 5.41) is 0. The Hall–Kier alpha value is -1.39. The second-order valence-electron chi connectivity index (χ2n) is 4.36. The molecule has 1 rings (SSSR count). The Balaban J connectivity index is 2.92. The molecule has 0 bridgehead atoms. The number of anilines is 2. The third-order valence-corrected chi connectivity index (χ3v) is 2.80. The summed E-state index contributed by atoms with van der Waals surface area (Å²) in [6, 6.07) is 0.808. The van der Waals surface area contributed by atoms with E-state index in [1.54, 1.807) is 0 Å². The highest BCUT2D eigenvalue weighted by Gasteiger charge is 2.15. The summed E-state index contributed by atoms with van der Waals surface area (Å²) in [6.45, 7) is 5.57. The lowest BCUT2D eigenvalue weighted by molar-refractivity contribution is 0.565. The lowest BCUT2D eigenvalue weighted by Gasteiger charge is -2.24. The molecular weight excluding hydrogens is 236 g/mol. The van der Waals surface area contributed by atoms with E-state index in [2.05, 4.69) is 18.8 Å². The monoisotopic (exact) mass is 257 g/mol. The molecule has 0 saturated heterocycles. The maximum absolute atomic E-state index is 13.7. The molecule has 102 valence electrons. The smallest absolute Gasteiger partial charge is 0.168 e. The van der Waals surface area contributed by atoms with E-state index in [1.165, 1.54) is 0 Å². The first-order chi connectivity index (χ1) is 8.60. The van der Waals surface area contributed by atoms with Crippen LogP contribution in [0.1, 0.15) is 39.5 Å². The van der Waals surface area contributed by atoms with Gasteiger partial charge in [0.1, 0.15) is 0 Å². The standard InChI is InChI=1S/C13H21F2N3/c1-3-5-7-18(8-6-4-2)13-11(15)9-10(14)12(16)17-13/h9H,3-8H2,1-2H3,(H2,16,17). The number of aromatic nitrogens is 1. The molecule has 0 radical (unpaired) electrons. The molecule has 0 unspecified atom stereocenters. The van der Waals surface area contributed by atoms with Gasteiger partial charge in [-0.3, -0.25) is 0 Å². The molecule has 5 heteroatoms. The summed E-state index contributed by atoms with van der Waals surface area (Å²) in [5.41, 5.74) is 5.41. The van der Waals surface area contributed by atoms with Crippen molar-refractivity contribution >= 4 is 11.6 Å². The van der Waals surface area contributed by atoms with E-state index in [1.807, 2.05) is 4.90 Å². The van der Waals surface area contributed by atoms with Crippen molar-refractivity contribution in [1.29, 1.82) is 0 Å². The van der Waals surface area contributed by atoms with Crippen LogP contribution in [0.5, 0.6) is 0 Å². The van der Waals surface area contributed by atoms with Crippen LogP contribution in [0, 0.1) is 11.6 Å². The summed E-state index contributed by atoms with van der Waals surface area (Å²) in [5.74, 6) is -1.53. The molecule has 0 aromatic carbocycles. The number of unbranched alkanes of at least 4 members (excludes halogenated alkanes) is 2. The van der Waals surface area contributed by atoms with Gasteiger partial charge in [-0.05, 0) is 12.8 Å². The minimum absolute atomic E-state index is 0.163. The summed E-state index contributed by atoms with van der Waals surface area (Å²) in [4.78, 5) is 5.68. The average molecular weight is 257 g/mol. The first-order valence-electron chi connectivity index (χ1n) is 6.46. The maximum atomic E-state index is 13.7. The molecule has 0 saturated carbocycles. The van der Waals surface area contributed by atoms with Crippen LogP contribution in [0.4, 0.5) is 20.4 Å². The molecular formula is C13H21F2N3. The van der Waals surface area contributed by atoms with Crippen molar-refractivity contribution in [3.63, 3.8) is 0 Å². The van der Waals surface area contributed by atoms with Gasteiger partial charge >= 0.3 is 0 Å². The van der Waals surface area contributed by atoms with Gasteiger partial charge in [0.25, 0.3) is 0 Å². The van der Waals surface area contributed by atoms with Crippen molar-refractivity contribution in [2.24, 2.45) is 0 Å². The topological polar surface area (TPSA) is 42.2 Å². The fraction of sp³-hybridized carbons (Fsp3) is 0.615. The van der Waals surface area contributed by atoms with Crippen LogP contribution in [0.15, 0.2) is 6.07 Å². The second kappa shape index (κ2) is 7.13. The van der Waals surface area contributed by atoms with Crippen LogP contribution >= 0.6 is 0 Å².